The Morgan fingerprint density at radius 2 is 2.11 bits per heavy atom. The van der Waals surface area contributed by atoms with Crippen molar-refractivity contribution in [3.05, 3.63) is 46.6 Å². The molecule has 98 valence electrons. The van der Waals surface area contributed by atoms with Crippen LogP contribution in [0, 0.1) is 6.92 Å². The third-order valence-electron chi connectivity index (χ3n) is 2.47. The first-order valence-corrected chi connectivity index (χ1v) is 5.79. The molecule has 1 aromatic heterocycles. The molecule has 6 heteroatoms. The highest BCUT2D eigenvalue weighted by Gasteiger charge is 2.11. The van der Waals surface area contributed by atoms with Gasteiger partial charge in [-0.1, -0.05) is 17.7 Å². The topological polar surface area (TPSA) is 85.4 Å². The fourth-order valence-electron chi connectivity index (χ4n) is 1.44. The summed E-state index contributed by atoms with van der Waals surface area (Å²) >= 11 is 5.88. The van der Waals surface area contributed by atoms with Crippen LogP contribution in [0.5, 0.6) is 11.6 Å². The quantitative estimate of drug-likeness (QED) is 0.901. The van der Waals surface area contributed by atoms with Crippen LogP contribution in [-0.4, -0.2) is 16.1 Å². The third-order valence-corrected chi connectivity index (χ3v) is 2.70. The monoisotopic (exact) mass is 278 g/mol. The van der Waals surface area contributed by atoms with E-state index in [4.69, 9.17) is 27.2 Å². The number of pyridine rings is 1. The van der Waals surface area contributed by atoms with Crippen LogP contribution in [0.3, 0.4) is 0 Å². The molecule has 0 unspecified atom stereocenters. The molecule has 0 atom stereocenters. The Kier molecular flexibility index (Phi) is 3.57. The first kappa shape index (κ1) is 13.2. The number of nitrogens with zero attached hydrogens (tertiary/aromatic N) is 1. The number of ether oxygens (including phenoxy) is 1. The Labute approximate surface area is 114 Å². The number of nitrogens with two attached hydrogens (primary N) is 1. The highest BCUT2D eigenvalue weighted by Crippen LogP contribution is 2.30. The van der Waals surface area contributed by atoms with Crippen LogP contribution in [0.2, 0.25) is 5.02 Å². The van der Waals surface area contributed by atoms with Crippen LogP contribution in [0.1, 0.15) is 16.1 Å². The number of aryl methyl sites for hydroxylation is 1. The number of carboxylic acid groups (broad SMARTS) is 1. The smallest absolute Gasteiger partial charge is 0.354 e. The summed E-state index contributed by atoms with van der Waals surface area (Å²) in [7, 11) is 0. The van der Waals surface area contributed by atoms with E-state index in [2.05, 4.69) is 4.98 Å². The van der Waals surface area contributed by atoms with Crippen molar-refractivity contribution in [2.45, 2.75) is 6.92 Å². The average Bonchev–Trinajstić information content (AvgIpc) is 2.36. The molecule has 0 saturated carbocycles. The zero-order chi connectivity index (χ0) is 14.0. The molecular formula is C13H11ClN2O3. The molecule has 0 fully saturated rings. The molecule has 2 aromatic rings. The van der Waals surface area contributed by atoms with Crippen LogP contribution < -0.4 is 10.5 Å². The van der Waals surface area contributed by atoms with Gasteiger partial charge in [0.25, 0.3) is 0 Å². The molecule has 1 aromatic carbocycles. The van der Waals surface area contributed by atoms with Gasteiger partial charge in [-0.2, -0.15) is 0 Å². The summed E-state index contributed by atoms with van der Waals surface area (Å²) in [6.45, 7) is 1.84. The number of hydrogen-bond donors (Lipinski definition) is 2. The van der Waals surface area contributed by atoms with Gasteiger partial charge in [-0.25, -0.2) is 9.78 Å². The van der Waals surface area contributed by atoms with E-state index in [0.29, 0.717) is 10.8 Å². The predicted octanol–water partition coefficient (Wildman–Crippen LogP) is 3.12. The fourth-order valence-corrected chi connectivity index (χ4v) is 1.60. The summed E-state index contributed by atoms with van der Waals surface area (Å²) in [5.74, 6) is -0.618. The second-order valence-electron chi connectivity index (χ2n) is 3.91. The van der Waals surface area contributed by atoms with Crippen molar-refractivity contribution in [2.24, 2.45) is 0 Å². The minimum atomic E-state index is -1.15. The average molecular weight is 279 g/mol. The Hall–Kier alpha value is -2.27. The first-order chi connectivity index (χ1) is 8.97. The molecule has 0 radical (unpaired) electrons. The lowest BCUT2D eigenvalue weighted by atomic mass is 10.2. The van der Waals surface area contributed by atoms with E-state index in [1.807, 2.05) is 6.92 Å². The Balaban J connectivity index is 2.40. The SMILES string of the molecule is Cc1ccc(Cl)cc1Oc1nc(C(=O)O)ccc1N. The number of benzene rings is 1. The van der Waals surface area contributed by atoms with Crippen molar-refractivity contribution >= 4 is 23.3 Å². The number of anilines is 1. The molecule has 5 nitrogen and oxygen atoms in total. The standard InChI is InChI=1S/C13H11ClN2O3/c1-7-2-3-8(14)6-11(7)19-12-9(15)4-5-10(16-12)13(17)18/h2-6H,15H2,1H3,(H,17,18). The molecule has 19 heavy (non-hydrogen) atoms. The molecule has 0 aliphatic carbocycles. The predicted molar refractivity (Wildman–Crippen MR) is 71.9 cm³/mol. The largest absolute Gasteiger partial charge is 0.477 e. The van der Waals surface area contributed by atoms with Crippen LogP contribution in [0.15, 0.2) is 30.3 Å². The molecule has 0 aliphatic heterocycles. The summed E-state index contributed by atoms with van der Waals surface area (Å²) in [4.78, 5) is 14.7. The second-order valence-corrected chi connectivity index (χ2v) is 4.34. The highest BCUT2D eigenvalue weighted by molar-refractivity contribution is 6.30. The van der Waals surface area contributed by atoms with Crippen LogP contribution in [-0.2, 0) is 0 Å². The van der Waals surface area contributed by atoms with Crippen molar-refractivity contribution in [3.63, 3.8) is 0 Å². The number of nitrogen functional groups attached to an aromatic ring is 1. The van der Waals surface area contributed by atoms with Gasteiger partial charge >= 0.3 is 5.97 Å². The number of rotatable bonds is 3. The lowest BCUT2D eigenvalue weighted by Crippen LogP contribution is -2.04. The molecule has 0 amide bonds. The number of carboxylic acids is 1. The van der Waals surface area contributed by atoms with Crippen molar-refractivity contribution < 1.29 is 14.6 Å². The normalized spacial score (nSPS) is 10.2. The third kappa shape index (κ3) is 2.95. The van der Waals surface area contributed by atoms with E-state index in [1.54, 1.807) is 18.2 Å². The summed E-state index contributed by atoms with van der Waals surface area (Å²) in [5, 5.41) is 9.39. The lowest BCUT2D eigenvalue weighted by Gasteiger charge is -2.10. The summed E-state index contributed by atoms with van der Waals surface area (Å²) in [5.41, 5.74) is 6.67. The molecule has 0 bridgehead atoms. The van der Waals surface area contributed by atoms with Crippen LogP contribution in [0.4, 0.5) is 5.69 Å². The van der Waals surface area contributed by atoms with E-state index in [9.17, 15) is 4.79 Å². The fraction of sp³-hybridized carbons (Fsp3) is 0.0769. The van der Waals surface area contributed by atoms with Gasteiger partial charge in [0.2, 0.25) is 5.88 Å². The molecule has 0 aliphatic rings. The Morgan fingerprint density at radius 3 is 2.79 bits per heavy atom. The Bertz CT molecular complexity index is 644. The number of halogens is 1. The maximum Gasteiger partial charge on any atom is 0.354 e. The van der Waals surface area contributed by atoms with Gasteiger partial charge in [0.1, 0.15) is 5.75 Å². The molecule has 1 heterocycles. The van der Waals surface area contributed by atoms with E-state index in [0.717, 1.165) is 5.56 Å². The molecule has 0 spiro atoms. The van der Waals surface area contributed by atoms with Crippen LogP contribution >= 0.6 is 11.6 Å². The van der Waals surface area contributed by atoms with E-state index < -0.39 is 5.97 Å². The Morgan fingerprint density at radius 1 is 1.37 bits per heavy atom. The molecule has 3 N–H and O–H groups in total. The second kappa shape index (κ2) is 5.16. The number of aromatic carboxylic acids is 1. The van der Waals surface area contributed by atoms with E-state index >= 15 is 0 Å². The van der Waals surface area contributed by atoms with Crippen molar-refractivity contribution in [3.8, 4) is 11.6 Å². The number of aromatic nitrogens is 1. The maximum absolute atomic E-state index is 10.9. The van der Waals surface area contributed by atoms with Crippen molar-refractivity contribution in [1.29, 1.82) is 0 Å². The van der Waals surface area contributed by atoms with E-state index in [-0.39, 0.29) is 17.3 Å². The van der Waals surface area contributed by atoms with Gasteiger partial charge in [0, 0.05) is 5.02 Å². The van der Waals surface area contributed by atoms with Gasteiger partial charge in [-0.05, 0) is 36.8 Å². The van der Waals surface area contributed by atoms with Crippen molar-refractivity contribution in [1.82, 2.24) is 4.98 Å². The molecule has 2 rings (SSSR count). The van der Waals surface area contributed by atoms with Gasteiger partial charge < -0.3 is 15.6 Å². The zero-order valence-electron chi connectivity index (χ0n) is 10.1. The molecular weight excluding hydrogens is 268 g/mol. The summed E-state index contributed by atoms with van der Waals surface area (Å²) < 4.78 is 5.53. The van der Waals surface area contributed by atoms with Gasteiger partial charge in [0.05, 0.1) is 5.69 Å². The van der Waals surface area contributed by atoms with Gasteiger partial charge in [0.15, 0.2) is 5.69 Å². The zero-order valence-corrected chi connectivity index (χ0v) is 10.8. The maximum atomic E-state index is 10.9. The minimum absolute atomic E-state index is 0.0465. The number of carbonyl (C=O) groups is 1. The van der Waals surface area contributed by atoms with E-state index in [1.165, 1.54) is 12.1 Å². The minimum Gasteiger partial charge on any atom is -0.477 e. The summed E-state index contributed by atoms with van der Waals surface area (Å²) in [6.07, 6.45) is 0. The molecule has 0 saturated heterocycles. The van der Waals surface area contributed by atoms with Crippen LogP contribution in [0.25, 0.3) is 0 Å². The van der Waals surface area contributed by atoms with Crippen molar-refractivity contribution in [2.75, 3.05) is 5.73 Å². The number of hydrogen-bond acceptors (Lipinski definition) is 4. The van der Waals surface area contributed by atoms with Gasteiger partial charge in [-0.3, -0.25) is 0 Å². The van der Waals surface area contributed by atoms with Gasteiger partial charge in [-0.15, -0.1) is 0 Å². The highest BCUT2D eigenvalue weighted by atomic mass is 35.5. The first-order valence-electron chi connectivity index (χ1n) is 5.41. The summed E-state index contributed by atoms with van der Waals surface area (Å²) in [6, 6.07) is 7.88. The lowest BCUT2D eigenvalue weighted by molar-refractivity contribution is 0.0689.